The monoisotopic (exact) mass is 305 g/mol. The van der Waals surface area contributed by atoms with E-state index in [1.54, 1.807) is 0 Å². The van der Waals surface area contributed by atoms with Crippen LogP contribution in [0.5, 0.6) is 0 Å². The number of hydrogen-bond acceptors (Lipinski definition) is 4. The molecule has 0 bridgehead atoms. The first kappa shape index (κ1) is 16.0. The first-order valence-corrected chi connectivity index (χ1v) is 7.15. The summed E-state index contributed by atoms with van der Waals surface area (Å²) in [6.07, 6.45) is 0.987. The fraction of sp³-hybridized carbons (Fsp3) is 0.438. The molecule has 1 atom stereocenters. The van der Waals surface area contributed by atoms with Crippen molar-refractivity contribution in [1.82, 2.24) is 0 Å². The maximum absolute atomic E-state index is 12.5. The molecule has 118 valence electrons. The van der Waals surface area contributed by atoms with Crippen LogP contribution in [-0.2, 0) is 25.5 Å². The molecule has 2 N–H and O–H groups in total. The van der Waals surface area contributed by atoms with Crippen molar-refractivity contribution in [2.75, 3.05) is 12.4 Å². The molecule has 0 saturated heterocycles. The average Bonchev–Trinajstić information content (AvgIpc) is 2.47. The zero-order valence-corrected chi connectivity index (χ0v) is 12.4. The summed E-state index contributed by atoms with van der Waals surface area (Å²) in [5.74, 6) is -1.63. The number of methoxy groups -OCH3 is 1. The summed E-state index contributed by atoms with van der Waals surface area (Å²) in [5, 5.41) is 11.6. The highest BCUT2D eigenvalue weighted by Crippen LogP contribution is 2.40. The molecule has 1 aliphatic heterocycles. The minimum atomic E-state index is -0.948. The van der Waals surface area contributed by atoms with Crippen LogP contribution in [0.3, 0.4) is 0 Å². The Morgan fingerprint density at radius 1 is 1.36 bits per heavy atom. The smallest absolute Gasteiger partial charge is 0.306 e. The quantitative estimate of drug-likeness (QED) is 0.784. The fourth-order valence-corrected chi connectivity index (χ4v) is 2.86. The van der Waals surface area contributed by atoms with Gasteiger partial charge < -0.3 is 15.2 Å². The number of amides is 1. The van der Waals surface area contributed by atoms with Crippen molar-refractivity contribution in [3.63, 3.8) is 0 Å². The van der Waals surface area contributed by atoms with Crippen molar-refractivity contribution < 1.29 is 24.2 Å². The van der Waals surface area contributed by atoms with Crippen LogP contribution in [0.2, 0.25) is 0 Å². The van der Waals surface area contributed by atoms with Gasteiger partial charge in [0.1, 0.15) is 0 Å². The summed E-state index contributed by atoms with van der Waals surface area (Å²) < 4.78 is 4.71. The third-order valence-electron chi connectivity index (χ3n) is 4.03. The van der Waals surface area contributed by atoms with Crippen LogP contribution in [0.25, 0.3) is 0 Å². The van der Waals surface area contributed by atoms with Gasteiger partial charge in [-0.3, -0.25) is 14.4 Å². The third-order valence-corrected chi connectivity index (χ3v) is 4.03. The number of rotatable bonds is 6. The molecule has 1 aliphatic rings. The summed E-state index contributed by atoms with van der Waals surface area (Å²) in [4.78, 5) is 35.0. The van der Waals surface area contributed by atoms with Gasteiger partial charge in [0, 0.05) is 12.1 Å². The maximum atomic E-state index is 12.5. The maximum Gasteiger partial charge on any atom is 0.306 e. The van der Waals surface area contributed by atoms with Crippen molar-refractivity contribution in [3.05, 3.63) is 29.8 Å². The molecule has 6 nitrogen and oxygen atoms in total. The standard InChI is InChI=1S/C16H19NO5/c1-22-14(20)10-16(8-4-7-13(18)19)9-11-5-2-3-6-12(11)17-15(16)21/h2-3,5-6H,4,7-10H2,1H3,(H,17,21)(H,18,19)/t16-/m1/s1. The number of anilines is 1. The minimum absolute atomic E-state index is 0.0299. The second-order valence-corrected chi connectivity index (χ2v) is 5.57. The molecular weight excluding hydrogens is 286 g/mol. The largest absolute Gasteiger partial charge is 0.481 e. The van der Waals surface area contributed by atoms with Gasteiger partial charge in [0.15, 0.2) is 0 Å². The highest BCUT2D eigenvalue weighted by Gasteiger charge is 2.43. The number of esters is 1. The third kappa shape index (κ3) is 3.44. The van der Waals surface area contributed by atoms with Crippen LogP contribution in [0.1, 0.15) is 31.2 Å². The van der Waals surface area contributed by atoms with E-state index in [1.807, 2.05) is 24.3 Å². The van der Waals surface area contributed by atoms with E-state index in [2.05, 4.69) is 5.32 Å². The van der Waals surface area contributed by atoms with Gasteiger partial charge in [0.05, 0.1) is 18.9 Å². The van der Waals surface area contributed by atoms with Crippen molar-refractivity contribution in [2.45, 2.75) is 32.1 Å². The van der Waals surface area contributed by atoms with E-state index >= 15 is 0 Å². The molecule has 2 rings (SSSR count). The van der Waals surface area contributed by atoms with Gasteiger partial charge in [-0.15, -0.1) is 0 Å². The molecule has 22 heavy (non-hydrogen) atoms. The van der Waals surface area contributed by atoms with Crippen LogP contribution in [-0.4, -0.2) is 30.1 Å². The summed E-state index contributed by atoms with van der Waals surface area (Å²) in [6.45, 7) is 0. The summed E-state index contributed by atoms with van der Waals surface area (Å²) >= 11 is 0. The van der Waals surface area contributed by atoms with E-state index in [9.17, 15) is 14.4 Å². The van der Waals surface area contributed by atoms with E-state index in [4.69, 9.17) is 9.84 Å². The molecule has 0 aliphatic carbocycles. The number of benzene rings is 1. The van der Waals surface area contributed by atoms with E-state index in [0.717, 1.165) is 11.3 Å². The van der Waals surface area contributed by atoms with E-state index in [1.165, 1.54) is 7.11 Å². The van der Waals surface area contributed by atoms with Crippen LogP contribution in [0.15, 0.2) is 24.3 Å². The highest BCUT2D eigenvalue weighted by atomic mass is 16.5. The zero-order valence-electron chi connectivity index (χ0n) is 12.4. The lowest BCUT2D eigenvalue weighted by molar-refractivity contribution is -0.147. The Balaban J connectivity index is 2.25. The molecule has 0 saturated carbocycles. The number of carbonyl (C=O) groups is 3. The fourth-order valence-electron chi connectivity index (χ4n) is 2.86. The Bertz CT molecular complexity index is 598. The topological polar surface area (TPSA) is 92.7 Å². The molecule has 1 heterocycles. The van der Waals surface area contributed by atoms with E-state index in [-0.39, 0.29) is 18.7 Å². The van der Waals surface area contributed by atoms with Crippen molar-refractivity contribution in [2.24, 2.45) is 5.41 Å². The lowest BCUT2D eigenvalue weighted by Gasteiger charge is -2.36. The second-order valence-electron chi connectivity index (χ2n) is 5.57. The Hall–Kier alpha value is -2.37. The zero-order chi connectivity index (χ0) is 16.2. The van der Waals surface area contributed by atoms with Crippen LogP contribution in [0.4, 0.5) is 5.69 Å². The molecule has 1 aromatic carbocycles. The van der Waals surface area contributed by atoms with E-state index < -0.39 is 17.4 Å². The first-order valence-electron chi connectivity index (χ1n) is 7.15. The molecule has 0 radical (unpaired) electrons. The molecule has 0 aromatic heterocycles. The van der Waals surface area contributed by atoms with Gasteiger partial charge >= 0.3 is 11.9 Å². The number of fused-ring (bicyclic) bond motifs is 1. The SMILES string of the molecule is COC(=O)C[C@@]1(CCCC(=O)O)Cc2ccccc2NC1=O. The van der Waals surface area contributed by atoms with Gasteiger partial charge in [0.25, 0.3) is 0 Å². The summed E-state index contributed by atoms with van der Waals surface area (Å²) in [6, 6.07) is 7.41. The van der Waals surface area contributed by atoms with Gasteiger partial charge in [-0.05, 0) is 30.9 Å². The highest BCUT2D eigenvalue weighted by molar-refractivity contribution is 6.00. The second kappa shape index (κ2) is 6.60. The number of carbonyl (C=O) groups excluding carboxylic acids is 2. The van der Waals surface area contributed by atoms with Crippen molar-refractivity contribution in [1.29, 1.82) is 0 Å². The minimum Gasteiger partial charge on any atom is -0.481 e. The lowest BCUT2D eigenvalue weighted by Crippen LogP contribution is -2.43. The number of hydrogen-bond donors (Lipinski definition) is 2. The molecular formula is C16H19NO5. The number of carboxylic acids is 1. The lowest BCUT2D eigenvalue weighted by atomic mass is 9.71. The van der Waals surface area contributed by atoms with Gasteiger partial charge in [-0.1, -0.05) is 18.2 Å². The Labute approximate surface area is 128 Å². The Kier molecular flexibility index (Phi) is 4.80. The first-order chi connectivity index (χ1) is 10.5. The molecule has 1 aromatic rings. The van der Waals surface area contributed by atoms with Crippen molar-refractivity contribution >= 4 is 23.5 Å². The predicted octanol–water partition coefficient (Wildman–Crippen LogP) is 1.99. The number of ether oxygens (including phenoxy) is 1. The van der Waals surface area contributed by atoms with Crippen LogP contribution >= 0.6 is 0 Å². The van der Waals surface area contributed by atoms with Crippen molar-refractivity contribution in [3.8, 4) is 0 Å². The van der Waals surface area contributed by atoms with E-state index in [0.29, 0.717) is 19.3 Å². The normalized spacial score (nSPS) is 20.0. The molecule has 0 spiro atoms. The number of nitrogens with one attached hydrogen (secondary N) is 1. The van der Waals surface area contributed by atoms with Crippen LogP contribution in [0, 0.1) is 5.41 Å². The summed E-state index contributed by atoms with van der Waals surface area (Å²) in [5.41, 5.74) is 0.740. The molecule has 6 heteroatoms. The van der Waals surface area contributed by atoms with Crippen LogP contribution < -0.4 is 5.32 Å². The molecule has 1 amide bonds. The van der Waals surface area contributed by atoms with Gasteiger partial charge in [0.2, 0.25) is 5.91 Å². The molecule has 0 unspecified atom stereocenters. The Morgan fingerprint density at radius 2 is 2.09 bits per heavy atom. The number of aliphatic carboxylic acids is 1. The van der Waals surface area contributed by atoms with Gasteiger partial charge in [-0.2, -0.15) is 0 Å². The Morgan fingerprint density at radius 3 is 2.77 bits per heavy atom. The predicted molar refractivity (Wildman–Crippen MR) is 79.3 cm³/mol. The average molecular weight is 305 g/mol. The van der Waals surface area contributed by atoms with Gasteiger partial charge in [-0.25, -0.2) is 0 Å². The molecule has 0 fully saturated rings. The number of para-hydroxylation sites is 1. The summed E-state index contributed by atoms with van der Waals surface area (Å²) in [7, 11) is 1.28. The number of carboxylic acid groups (broad SMARTS) is 1.